The average Bonchev–Trinajstić information content (AvgIpc) is 3.24. The number of para-hydroxylation sites is 1. The van der Waals surface area contributed by atoms with Crippen molar-refractivity contribution in [3.05, 3.63) is 45.9 Å². The molecule has 0 aliphatic heterocycles. The number of nitrogens with zero attached hydrogens (tertiary/aromatic N) is 3. The largest absolute Gasteiger partial charge is 0.323 e. The summed E-state index contributed by atoms with van der Waals surface area (Å²) in [6.07, 6.45) is 0.939. The van der Waals surface area contributed by atoms with Gasteiger partial charge in [0.25, 0.3) is 0 Å². The summed E-state index contributed by atoms with van der Waals surface area (Å²) in [5, 5.41) is 14.0. The predicted octanol–water partition coefficient (Wildman–Crippen LogP) is 4.77. The number of amides is 1. The third-order valence-corrected chi connectivity index (χ3v) is 6.13. The Morgan fingerprint density at radius 3 is 2.78 bits per heavy atom. The molecule has 1 amide bonds. The minimum atomic E-state index is -0.449. The molecule has 0 unspecified atom stereocenters. The summed E-state index contributed by atoms with van der Waals surface area (Å²) >= 11 is 3.01. The van der Waals surface area contributed by atoms with E-state index in [-0.39, 0.29) is 17.3 Å². The maximum Gasteiger partial charge on any atom is 0.234 e. The van der Waals surface area contributed by atoms with Gasteiger partial charge in [-0.2, -0.15) is 0 Å². The second kappa shape index (κ2) is 8.67. The maximum absolute atomic E-state index is 13.6. The molecule has 0 spiro atoms. The third-order valence-electron chi connectivity index (χ3n) is 4.21. The van der Waals surface area contributed by atoms with Crippen LogP contribution in [0.15, 0.2) is 34.8 Å². The highest BCUT2D eigenvalue weighted by molar-refractivity contribution is 7.99. The number of thioether (sulfide) groups is 1. The standard InChI is InChI=1S/C19H21FN4OS2/c1-4-13-12(3)26-10-14(13)18-22-23-19(24(18)5-2)27-11-17(25)21-16-9-7-6-8-15(16)20/h6-10H,4-5,11H2,1-3H3,(H,21,25). The third kappa shape index (κ3) is 4.22. The van der Waals surface area contributed by atoms with Crippen molar-refractivity contribution in [3.63, 3.8) is 0 Å². The first-order valence-electron chi connectivity index (χ1n) is 8.72. The summed E-state index contributed by atoms with van der Waals surface area (Å²) in [5.41, 5.74) is 2.58. The van der Waals surface area contributed by atoms with Crippen molar-refractivity contribution in [2.24, 2.45) is 0 Å². The van der Waals surface area contributed by atoms with E-state index in [4.69, 9.17) is 0 Å². The Kier molecular flexibility index (Phi) is 6.28. The Hall–Kier alpha value is -2.19. The van der Waals surface area contributed by atoms with Gasteiger partial charge in [0.1, 0.15) is 5.82 Å². The molecule has 0 aliphatic rings. The number of carbonyl (C=O) groups excluding carboxylic acids is 1. The van der Waals surface area contributed by atoms with Crippen LogP contribution in [0, 0.1) is 12.7 Å². The number of halogens is 1. The second-order valence-electron chi connectivity index (χ2n) is 5.90. The van der Waals surface area contributed by atoms with E-state index in [1.54, 1.807) is 23.5 Å². The molecule has 2 aromatic heterocycles. The molecule has 142 valence electrons. The number of thiophene rings is 1. The predicted molar refractivity (Wildman–Crippen MR) is 109 cm³/mol. The normalized spacial score (nSPS) is 11.0. The lowest BCUT2D eigenvalue weighted by molar-refractivity contribution is -0.113. The van der Waals surface area contributed by atoms with Gasteiger partial charge in [-0.25, -0.2) is 4.39 Å². The monoisotopic (exact) mass is 404 g/mol. The van der Waals surface area contributed by atoms with Crippen molar-refractivity contribution in [1.82, 2.24) is 14.8 Å². The highest BCUT2D eigenvalue weighted by Crippen LogP contribution is 2.32. The number of nitrogens with one attached hydrogen (secondary N) is 1. The Balaban J connectivity index is 1.73. The molecular formula is C19H21FN4OS2. The first-order chi connectivity index (χ1) is 13.0. The Morgan fingerprint density at radius 1 is 1.30 bits per heavy atom. The number of benzene rings is 1. The fraction of sp³-hybridized carbons (Fsp3) is 0.316. The van der Waals surface area contributed by atoms with Crippen molar-refractivity contribution < 1.29 is 9.18 Å². The topological polar surface area (TPSA) is 59.8 Å². The van der Waals surface area contributed by atoms with Gasteiger partial charge in [0.05, 0.1) is 11.4 Å². The van der Waals surface area contributed by atoms with Gasteiger partial charge in [0, 0.05) is 22.4 Å². The molecule has 3 aromatic rings. The average molecular weight is 405 g/mol. The minimum absolute atomic E-state index is 0.135. The van der Waals surface area contributed by atoms with E-state index >= 15 is 0 Å². The summed E-state index contributed by atoms with van der Waals surface area (Å²) in [4.78, 5) is 13.5. The SMILES string of the molecule is CCc1c(-c2nnc(SCC(=O)Nc3ccccc3F)n2CC)csc1C. The van der Waals surface area contributed by atoms with Crippen LogP contribution in [0.4, 0.5) is 10.1 Å². The molecule has 0 radical (unpaired) electrons. The maximum atomic E-state index is 13.6. The highest BCUT2D eigenvalue weighted by Gasteiger charge is 2.18. The lowest BCUT2D eigenvalue weighted by atomic mass is 10.1. The molecule has 3 rings (SSSR count). The van der Waals surface area contributed by atoms with Gasteiger partial charge in [-0.05, 0) is 38.0 Å². The molecule has 1 N–H and O–H groups in total. The number of aryl methyl sites for hydroxylation is 1. The van der Waals surface area contributed by atoms with Gasteiger partial charge in [0.2, 0.25) is 5.91 Å². The van der Waals surface area contributed by atoms with Crippen LogP contribution < -0.4 is 5.32 Å². The summed E-state index contributed by atoms with van der Waals surface area (Å²) < 4.78 is 15.7. The van der Waals surface area contributed by atoms with Gasteiger partial charge in [-0.15, -0.1) is 21.5 Å². The van der Waals surface area contributed by atoms with Crippen LogP contribution in [0.25, 0.3) is 11.4 Å². The molecule has 0 aliphatic carbocycles. The molecule has 0 atom stereocenters. The summed E-state index contributed by atoms with van der Waals surface area (Å²) in [7, 11) is 0. The van der Waals surface area contributed by atoms with E-state index in [0.29, 0.717) is 11.7 Å². The molecule has 27 heavy (non-hydrogen) atoms. The molecule has 0 bridgehead atoms. The van der Waals surface area contributed by atoms with E-state index < -0.39 is 5.82 Å². The van der Waals surface area contributed by atoms with E-state index in [0.717, 1.165) is 17.8 Å². The molecule has 8 heteroatoms. The van der Waals surface area contributed by atoms with Crippen molar-refractivity contribution >= 4 is 34.7 Å². The molecule has 2 heterocycles. The van der Waals surface area contributed by atoms with Gasteiger partial charge >= 0.3 is 0 Å². The first-order valence-corrected chi connectivity index (χ1v) is 10.6. The van der Waals surface area contributed by atoms with E-state index in [9.17, 15) is 9.18 Å². The van der Waals surface area contributed by atoms with Crippen LogP contribution >= 0.6 is 23.1 Å². The molecular weight excluding hydrogens is 383 g/mol. The van der Waals surface area contributed by atoms with Gasteiger partial charge in [0.15, 0.2) is 11.0 Å². The second-order valence-corrected chi connectivity index (χ2v) is 7.93. The van der Waals surface area contributed by atoms with Crippen molar-refractivity contribution in [2.45, 2.75) is 38.9 Å². The summed E-state index contributed by atoms with van der Waals surface area (Å²) in [6, 6.07) is 6.12. The van der Waals surface area contributed by atoms with Crippen LogP contribution in [-0.2, 0) is 17.8 Å². The molecule has 1 aromatic carbocycles. The van der Waals surface area contributed by atoms with Crippen LogP contribution in [0.2, 0.25) is 0 Å². The van der Waals surface area contributed by atoms with E-state index in [1.165, 1.54) is 34.3 Å². The summed E-state index contributed by atoms with van der Waals surface area (Å²) in [6.45, 7) is 6.98. The van der Waals surface area contributed by atoms with Crippen molar-refractivity contribution in [1.29, 1.82) is 0 Å². The molecule has 5 nitrogen and oxygen atoms in total. The van der Waals surface area contributed by atoms with Crippen LogP contribution in [0.3, 0.4) is 0 Å². The number of aromatic nitrogens is 3. The zero-order valence-electron chi connectivity index (χ0n) is 15.5. The number of carbonyl (C=O) groups is 1. The van der Waals surface area contributed by atoms with E-state index in [2.05, 4.69) is 34.7 Å². The number of hydrogen-bond acceptors (Lipinski definition) is 5. The zero-order chi connectivity index (χ0) is 19.4. The van der Waals surface area contributed by atoms with Gasteiger partial charge in [-0.1, -0.05) is 30.8 Å². The lowest BCUT2D eigenvalue weighted by Crippen LogP contribution is -2.15. The molecule has 0 saturated heterocycles. The molecule has 0 saturated carbocycles. The fourth-order valence-corrected chi connectivity index (χ4v) is 4.61. The summed E-state index contributed by atoms with van der Waals surface area (Å²) in [5.74, 6) is 0.235. The fourth-order valence-electron chi connectivity index (χ4n) is 2.87. The van der Waals surface area contributed by atoms with Crippen LogP contribution in [-0.4, -0.2) is 26.4 Å². The van der Waals surface area contributed by atoms with E-state index in [1.807, 2.05) is 11.5 Å². The van der Waals surface area contributed by atoms with Gasteiger partial charge in [-0.3, -0.25) is 4.79 Å². The molecule has 0 fully saturated rings. The highest BCUT2D eigenvalue weighted by atomic mass is 32.2. The number of anilines is 1. The minimum Gasteiger partial charge on any atom is -0.323 e. The Bertz CT molecular complexity index is 951. The van der Waals surface area contributed by atoms with Gasteiger partial charge < -0.3 is 9.88 Å². The zero-order valence-corrected chi connectivity index (χ0v) is 17.1. The van der Waals surface area contributed by atoms with Crippen molar-refractivity contribution in [2.75, 3.05) is 11.1 Å². The Labute approximate surface area is 166 Å². The quantitative estimate of drug-likeness (QED) is 0.577. The smallest absolute Gasteiger partial charge is 0.234 e. The van der Waals surface area contributed by atoms with Crippen LogP contribution in [0.5, 0.6) is 0 Å². The first kappa shape index (κ1) is 19.6. The number of rotatable bonds is 7. The Morgan fingerprint density at radius 2 is 2.07 bits per heavy atom. The van der Waals surface area contributed by atoms with Crippen molar-refractivity contribution in [3.8, 4) is 11.4 Å². The number of hydrogen-bond donors (Lipinski definition) is 1. The lowest BCUT2D eigenvalue weighted by Gasteiger charge is -2.09. The van der Waals surface area contributed by atoms with Crippen LogP contribution in [0.1, 0.15) is 24.3 Å².